The quantitative estimate of drug-likeness (QED) is 0.229. The van der Waals surface area contributed by atoms with E-state index in [4.69, 9.17) is 32.0 Å². The maximum Gasteiger partial charge on any atom is 0.248 e. The number of anilines is 1. The second kappa shape index (κ2) is 10.1. The first-order chi connectivity index (χ1) is 17.4. The lowest BCUT2D eigenvalue weighted by molar-refractivity contribution is -0.111. The third kappa shape index (κ3) is 5.08. The molecule has 2 heterocycles. The summed E-state index contributed by atoms with van der Waals surface area (Å²) in [5, 5.41) is 3.70. The number of nitrogens with zero attached hydrogens (tertiary/aromatic N) is 1. The number of oxazole rings is 1. The fourth-order valence-electron chi connectivity index (χ4n) is 3.76. The minimum atomic E-state index is -0.305. The minimum Gasteiger partial charge on any atom is -0.457 e. The Kier molecular flexibility index (Phi) is 6.68. The second-order valence-corrected chi connectivity index (χ2v) is 9.39. The Morgan fingerprint density at radius 2 is 1.78 bits per heavy atom. The summed E-state index contributed by atoms with van der Waals surface area (Å²) in [6, 6.07) is 22.4. The molecule has 0 spiro atoms. The van der Waals surface area contributed by atoms with E-state index in [-0.39, 0.29) is 5.91 Å². The Morgan fingerprint density at radius 3 is 2.56 bits per heavy atom. The van der Waals surface area contributed by atoms with Crippen LogP contribution in [0.15, 0.2) is 87.7 Å². The number of carbonyl (C=O) groups is 1. The van der Waals surface area contributed by atoms with Gasteiger partial charge in [0.25, 0.3) is 0 Å². The largest absolute Gasteiger partial charge is 0.457 e. The monoisotopic (exact) mass is 516 g/mol. The number of hydrogen-bond donors (Lipinski definition) is 1. The van der Waals surface area contributed by atoms with Gasteiger partial charge in [0.1, 0.15) is 17.0 Å². The van der Waals surface area contributed by atoms with Crippen LogP contribution in [0.2, 0.25) is 10.0 Å². The van der Waals surface area contributed by atoms with Crippen LogP contribution < -0.4 is 5.32 Å². The Hall–Kier alpha value is -3.80. The molecule has 0 aliphatic heterocycles. The molecule has 0 saturated carbocycles. The van der Waals surface area contributed by atoms with Crippen molar-refractivity contribution in [2.75, 3.05) is 5.32 Å². The molecule has 5 rings (SSSR count). The molecular formula is C29H22Cl2N2O3. The van der Waals surface area contributed by atoms with Gasteiger partial charge >= 0.3 is 0 Å². The maximum atomic E-state index is 12.5. The summed E-state index contributed by atoms with van der Waals surface area (Å²) in [5.74, 6) is 1.77. The predicted molar refractivity (Wildman–Crippen MR) is 145 cm³/mol. The van der Waals surface area contributed by atoms with Crippen LogP contribution in [-0.2, 0) is 4.79 Å². The number of rotatable bonds is 6. The molecule has 3 aromatic carbocycles. The number of carbonyl (C=O) groups excluding carboxylic acids is 1. The fraction of sp³-hybridized carbons (Fsp3) is 0.103. The maximum absolute atomic E-state index is 12.5. The van der Waals surface area contributed by atoms with E-state index in [0.717, 1.165) is 5.56 Å². The SMILES string of the molecule is CC(C)c1ccc(-c2nc3cc(NC(=O)/C=C/c4ccc(-c5cccc(Cl)c5Cl)o4)ccc3o2)cc1. The van der Waals surface area contributed by atoms with Crippen molar-refractivity contribution in [1.82, 2.24) is 4.98 Å². The highest BCUT2D eigenvalue weighted by molar-refractivity contribution is 6.43. The van der Waals surface area contributed by atoms with E-state index in [2.05, 4.69) is 36.3 Å². The van der Waals surface area contributed by atoms with Crippen LogP contribution in [0, 0.1) is 0 Å². The highest BCUT2D eigenvalue weighted by Crippen LogP contribution is 2.34. The molecule has 5 aromatic rings. The molecule has 0 fully saturated rings. The fourth-order valence-corrected chi connectivity index (χ4v) is 4.16. The van der Waals surface area contributed by atoms with Crippen LogP contribution in [0.4, 0.5) is 5.69 Å². The van der Waals surface area contributed by atoms with Gasteiger partial charge in [-0.15, -0.1) is 0 Å². The summed E-state index contributed by atoms with van der Waals surface area (Å²) < 4.78 is 11.7. The molecule has 36 heavy (non-hydrogen) atoms. The van der Waals surface area contributed by atoms with Gasteiger partial charge in [0.05, 0.1) is 10.0 Å². The van der Waals surface area contributed by atoms with Crippen LogP contribution in [0.5, 0.6) is 0 Å². The van der Waals surface area contributed by atoms with Crippen LogP contribution in [0.25, 0.3) is 40.0 Å². The minimum absolute atomic E-state index is 0.305. The lowest BCUT2D eigenvalue weighted by atomic mass is 10.0. The molecular weight excluding hydrogens is 495 g/mol. The molecule has 0 atom stereocenters. The molecule has 5 nitrogen and oxygen atoms in total. The Balaban J connectivity index is 1.28. The van der Waals surface area contributed by atoms with E-state index >= 15 is 0 Å². The van der Waals surface area contributed by atoms with Gasteiger partial charge in [0, 0.05) is 22.9 Å². The molecule has 0 bridgehead atoms. The van der Waals surface area contributed by atoms with Gasteiger partial charge in [-0.25, -0.2) is 4.98 Å². The van der Waals surface area contributed by atoms with Gasteiger partial charge in [-0.1, -0.05) is 55.2 Å². The molecule has 0 unspecified atom stereocenters. The normalized spacial score (nSPS) is 11.6. The highest BCUT2D eigenvalue weighted by atomic mass is 35.5. The number of amides is 1. The van der Waals surface area contributed by atoms with Crippen molar-refractivity contribution in [3.63, 3.8) is 0 Å². The molecule has 0 saturated heterocycles. The zero-order valence-corrected chi connectivity index (χ0v) is 21.1. The van der Waals surface area contributed by atoms with Crippen molar-refractivity contribution < 1.29 is 13.6 Å². The topological polar surface area (TPSA) is 68.3 Å². The number of fused-ring (bicyclic) bond motifs is 1. The van der Waals surface area contributed by atoms with E-state index in [0.29, 0.717) is 55.7 Å². The first-order valence-electron chi connectivity index (χ1n) is 11.4. The number of hydrogen-bond acceptors (Lipinski definition) is 4. The molecule has 0 radical (unpaired) electrons. The summed E-state index contributed by atoms with van der Waals surface area (Å²) in [6.45, 7) is 4.31. The molecule has 1 amide bonds. The van der Waals surface area contributed by atoms with Gasteiger partial charge in [0.2, 0.25) is 11.8 Å². The van der Waals surface area contributed by atoms with Crippen molar-refractivity contribution >= 4 is 52.0 Å². The number of benzene rings is 3. The van der Waals surface area contributed by atoms with E-state index in [9.17, 15) is 4.79 Å². The van der Waals surface area contributed by atoms with Crippen molar-refractivity contribution in [3.8, 4) is 22.8 Å². The van der Waals surface area contributed by atoms with Gasteiger partial charge in [0.15, 0.2) is 5.58 Å². The van der Waals surface area contributed by atoms with Gasteiger partial charge < -0.3 is 14.2 Å². The smallest absolute Gasteiger partial charge is 0.248 e. The number of nitrogens with one attached hydrogen (secondary N) is 1. The van der Waals surface area contributed by atoms with Gasteiger partial charge in [-0.3, -0.25) is 4.79 Å². The van der Waals surface area contributed by atoms with Gasteiger partial charge in [-0.05, 0) is 72.2 Å². The molecule has 0 aliphatic carbocycles. The highest BCUT2D eigenvalue weighted by Gasteiger charge is 2.12. The zero-order valence-electron chi connectivity index (χ0n) is 19.6. The second-order valence-electron chi connectivity index (χ2n) is 8.60. The van der Waals surface area contributed by atoms with Crippen molar-refractivity contribution in [1.29, 1.82) is 0 Å². The number of halogens is 2. The van der Waals surface area contributed by atoms with Crippen LogP contribution in [0.3, 0.4) is 0 Å². The molecule has 180 valence electrons. The van der Waals surface area contributed by atoms with Crippen molar-refractivity contribution in [2.45, 2.75) is 19.8 Å². The third-order valence-electron chi connectivity index (χ3n) is 5.72. The van der Waals surface area contributed by atoms with E-state index in [1.165, 1.54) is 11.6 Å². The first kappa shape index (κ1) is 23.9. The standard InChI is InChI=1S/C29H22Cl2N2O3/c1-17(2)18-6-8-19(9-7-18)29-33-24-16-20(10-13-26(24)36-29)32-27(34)15-12-21-11-14-25(35-21)22-4-3-5-23(30)28(22)31/h3-17H,1-2H3,(H,32,34)/b15-12+. The molecule has 7 heteroatoms. The van der Waals surface area contributed by atoms with Crippen LogP contribution in [0.1, 0.15) is 31.1 Å². The molecule has 2 aromatic heterocycles. The average Bonchev–Trinajstić information content (AvgIpc) is 3.51. The number of furan rings is 1. The summed E-state index contributed by atoms with van der Waals surface area (Å²) in [4.78, 5) is 17.1. The van der Waals surface area contributed by atoms with E-state index < -0.39 is 0 Å². The summed E-state index contributed by atoms with van der Waals surface area (Å²) in [5.41, 5.74) is 4.76. The van der Waals surface area contributed by atoms with E-state index in [1.54, 1.807) is 48.5 Å². The van der Waals surface area contributed by atoms with Gasteiger partial charge in [-0.2, -0.15) is 0 Å². The Morgan fingerprint density at radius 1 is 0.972 bits per heavy atom. The summed E-state index contributed by atoms with van der Waals surface area (Å²) >= 11 is 12.3. The molecule has 1 N–H and O–H groups in total. The predicted octanol–water partition coefficient (Wildman–Crippen LogP) is 8.84. The Labute approximate surface area is 218 Å². The number of aromatic nitrogens is 1. The van der Waals surface area contributed by atoms with Crippen molar-refractivity contribution in [3.05, 3.63) is 100 Å². The zero-order chi connectivity index (χ0) is 25.2. The van der Waals surface area contributed by atoms with Crippen molar-refractivity contribution in [2.24, 2.45) is 0 Å². The van der Waals surface area contributed by atoms with Crippen LogP contribution in [-0.4, -0.2) is 10.9 Å². The Bertz CT molecular complexity index is 1580. The van der Waals surface area contributed by atoms with E-state index in [1.807, 2.05) is 18.2 Å². The summed E-state index contributed by atoms with van der Waals surface area (Å²) in [6.07, 6.45) is 2.99. The lowest BCUT2D eigenvalue weighted by Crippen LogP contribution is -2.07. The van der Waals surface area contributed by atoms with Crippen LogP contribution >= 0.6 is 23.2 Å². The average molecular weight is 517 g/mol. The molecule has 0 aliphatic rings. The first-order valence-corrected chi connectivity index (χ1v) is 12.2. The summed E-state index contributed by atoms with van der Waals surface area (Å²) in [7, 11) is 0. The third-order valence-corrected chi connectivity index (χ3v) is 6.54. The lowest BCUT2D eigenvalue weighted by Gasteiger charge is -2.04.